The monoisotopic (exact) mass is 169 g/mol. The lowest BCUT2D eigenvalue weighted by Gasteiger charge is -2.53. The van der Waals surface area contributed by atoms with E-state index in [2.05, 4.69) is 23.2 Å². The van der Waals surface area contributed by atoms with E-state index >= 15 is 0 Å². The molecule has 1 nitrogen and oxygen atoms in total. The van der Waals surface area contributed by atoms with E-state index in [1.807, 2.05) is 0 Å². The molecule has 2 saturated carbocycles. The molecule has 3 fully saturated rings. The third-order valence-electron chi connectivity index (χ3n) is 3.76. The molecule has 1 heterocycles. The fourth-order valence-electron chi connectivity index (χ4n) is 3.23. The summed E-state index contributed by atoms with van der Waals surface area (Å²) in [5, 5.41) is 0. The fraction of sp³-hybridized carbons (Fsp3) is 1.00. The predicted molar refractivity (Wildman–Crippen MR) is 48.3 cm³/mol. The normalized spacial score (nSPS) is 53.2. The van der Waals surface area contributed by atoms with Crippen molar-refractivity contribution in [2.75, 3.05) is 12.3 Å². The zero-order valence-electron chi connectivity index (χ0n) is 6.99. The van der Waals surface area contributed by atoms with E-state index in [0.29, 0.717) is 0 Å². The van der Waals surface area contributed by atoms with Gasteiger partial charge in [-0.25, -0.2) is 4.31 Å². The van der Waals surface area contributed by atoms with Crippen molar-refractivity contribution in [2.24, 2.45) is 17.8 Å². The summed E-state index contributed by atoms with van der Waals surface area (Å²) in [4.78, 5) is 0. The van der Waals surface area contributed by atoms with Gasteiger partial charge in [-0.05, 0) is 30.6 Å². The zero-order chi connectivity index (χ0) is 7.42. The van der Waals surface area contributed by atoms with Crippen molar-refractivity contribution in [1.29, 1.82) is 0 Å². The van der Waals surface area contributed by atoms with Gasteiger partial charge in [0, 0.05) is 18.3 Å². The summed E-state index contributed by atoms with van der Waals surface area (Å²) in [6.45, 7) is 3.67. The summed E-state index contributed by atoms with van der Waals surface area (Å²) in [7, 11) is 0. The lowest BCUT2D eigenvalue weighted by molar-refractivity contribution is -0.0111. The van der Waals surface area contributed by atoms with E-state index in [4.69, 9.17) is 0 Å². The van der Waals surface area contributed by atoms with E-state index in [1.165, 1.54) is 18.7 Å². The summed E-state index contributed by atoms with van der Waals surface area (Å²) < 4.78 is 2.67. The second-order valence-electron chi connectivity index (χ2n) is 4.15. The maximum Gasteiger partial charge on any atom is 0.0239 e. The van der Waals surface area contributed by atoms with Crippen LogP contribution in [0.4, 0.5) is 0 Å². The molecule has 0 amide bonds. The highest BCUT2D eigenvalue weighted by molar-refractivity contribution is 7.97. The van der Waals surface area contributed by atoms with Crippen LogP contribution in [0.5, 0.6) is 0 Å². The standard InChI is InChI=1S/C9H15NS/c1-2-11-10-5-7-3-6-4-8(10)9(6)7/h6-9H,2-5H2,1H3/t6?,7-,8-,9-/m1/s1. The van der Waals surface area contributed by atoms with Gasteiger partial charge in [0.2, 0.25) is 0 Å². The van der Waals surface area contributed by atoms with Crippen LogP contribution in [0.15, 0.2) is 0 Å². The molecule has 4 atom stereocenters. The van der Waals surface area contributed by atoms with Gasteiger partial charge >= 0.3 is 0 Å². The molecule has 1 unspecified atom stereocenters. The Labute approximate surface area is 72.7 Å². The van der Waals surface area contributed by atoms with Gasteiger partial charge in [-0.1, -0.05) is 18.9 Å². The molecular weight excluding hydrogens is 154 g/mol. The van der Waals surface area contributed by atoms with E-state index < -0.39 is 0 Å². The molecule has 0 radical (unpaired) electrons. The summed E-state index contributed by atoms with van der Waals surface area (Å²) in [5.74, 6) is 4.68. The van der Waals surface area contributed by atoms with Crippen molar-refractivity contribution in [3.05, 3.63) is 0 Å². The minimum atomic E-state index is 1.00. The van der Waals surface area contributed by atoms with Crippen LogP contribution in [0.3, 0.4) is 0 Å². The maximum atomic E-state index is 2.67. The molecular formula is C9H15NS. The number of hydrogen-bond donors (Lipinski definition) is 0. The number of hydrogen-bond acceptors (Lipinski definition) is 2. The Morgan fingerprint density at radius 1 is 1.36 bits per heavy atom. The molecule has 0 bridgehead atoms. The van der Waals surface area contributed by atoms with E-state index in [9.17, 15) is 0 Å². The van der Waals surface area contributed by atoms with Crippen molar-refractivity contribution in [3.63, 3.8) is 0 Å². The number of nitrogens with zero attached hydrogens (tertiary/aromatic N) is 1. The predicted octanol–water partition coefficient (Wildman–Crippen LogP) is 1.99. The van der Waals surface area contributed by atoms with Gasteiger partial charge in [0.05, 0.1) is 0 Å². The van der Waals surface area contributed by atoms with Crippen LogP contribution in [0, 0.1) is 17.8 Å². The van der Waals surface area contributed by atoms with Gasteiger partial charge < -0.3 is 0 Å². The Bertz CT molecular complexity index is 182. The van der Waals surface area contributed by atoms with Gasteiger partial charge in [-0.3, -0.25) is 0 Å². The molecule has 62 valence electrons. The molecule has 3 aliphatic rings. The first-order valence-electron chi connectivity index (χ1n) is 4.79. The SMILES string of the molecule is CCSN1C[C@H]2CC3C[C@@H]1[C@H]32. The highest BCUT2D eigenvalue weighted by Gasteiger charge is 2.60. The van der Waals surface area contributed by atoms with Crippen molar-refractivity contribution in [1.82, 2.24) is 4.31 Å². The van der Waals surface area contributed by atoms with Crippen LogP contribution in [0.25, 0.3) is 0 Å². The molecule has 0 aromatic carbocycles. The Morgan fingerprint density at radius 2 is 2.27 bits per heavy atom. The summed E-state index contributed by atoms with van der Waals surface area (Å²) in [6, 6.07) is 1.00. The Hall–Kier alpha value is 0.310. The summed E-state index contributed by atoms with van der Waals surface area (Å²) >= 11 is 2.07. The van der Waals surface area contributed by atoms with Crippen LogP contribution in [0.1, 0.15) is 19.8 Å². The number of rotatable bonds is 2. The lowest BCUT2D eigenvalue weighted by atomic mass is 9.53. The van der Waals surface area contributed by atoms with Crippen molar-refractivity contribution in [2.45, 2.75) is 25.8 Å². The first-order chi connectivity index (χ1) is 5.40. The average Bonchev–Trinajstić information content (AvgIpc) is 2.16. The van der Waals surface area contributed by atoms with Crippen molar-refractivity contribution in [3.8, 4) is 0 Å². The van der Waals surface area contributed by atoms with E-state index in [1.54, 1.807) is 6.42 Å². The molecule has 0 N–H and O–H groups in total. The smallest absolute Gasteiger partial charge is 0.0239 e. The minimum absolute atomic E-state index is 1.00. The third-order valence-corrected chi connectivity index (χ3v) is 4.77. The largest absolute Gasteiger partial charge is 0.247 e. The van der Waals surface area contributed by atoms with Gasteiger partial charge in [0.15, 0.2) is 0 Å². The van der Waals surface area contributed by atoms with Crippen LogP contribution in [-0.2, 0) is 0 Å². The molecule has 1 aliphatic heterocycles. The van der Waals surface area contributed by atoms with Gasteiger partial charge in [-0.15, -0.1) is 0 Å². The van der Waals surface area contributed by atoms with Crippen LogP contribution >= 0.6 is 11.9 Å². The van der Waals surface area contributed by atoms with Crippen LogP contribution < -0.4 is 0 Å². The maximum absolute atomic E-state index is 2.67. The highest BCUT2D eigenvalue weighted by atomic mass is 32.2. The molecule has 0 spiro atoms. The second-order valence-corrected chi connectivity index (χ2v) is 5.46. The molecule has 1 saturated heterocycles. The zero-order valence-corrected chi connectivity index (χ0v) is 7.81. The molecule has 0 aromatic rings. The van der Waals surface area contributed by atoms with Crippen LogP contribution in [-0.4, -0.2) is 22.6 Å². The van der Waals surface area contributed by atoms with E-state index in [0.717, 1.165) is 23.8 Å². The lowest BCUT2D eigenvalue weighted by Crippen LogP contribution is -2.51. The Kier molecular flexibility index (Phi) is 1.34. The average molecular weight is 169 g/mol. The summed E-state index contributed by atoms with van der Waals surface area (Å²) in [6.07, 6.45) is 3.08. The fourth-order valence-corrected chi connectivity index (χ4v) is 4.28. The van der Waals surface area contributed by atoms with Crippen molar-refractivity contribution < 1.29 is 0 Å². The van der Waals surface area contributed by atoms with E-state index in [-0.39, 0.29) is 0 Å². The molecule has 2 aliphatic carbocycles. The first-order valence-corrected chi connectivity index (χ1v) is 5.74. The van der Waals surface area contributed by atoms with Gasteiger partial charge in [-0.2, -0.15) is 0 Å². The van der Waals surface area contributed by atoms with Crippen LogP contribution in [0.2, 0.25) is 0 Å². The molecule has 2 heteroatoms. The first kappa shape index (κ1) is 6.79. The molecule has 11 heavy (non-hydrogen) atoms. The third kappa shape index (κ3) is 0.726. The highest BCUT2D eigenvalue weighted by Crippen LogP contribution is 2.61. The minimum Gasteiger partial charge on any atom is -0.247 e. The molecule has 0 aromatic heterocycles. The van der Waals surface area contributed by atoms with Gasteiger partial charge in [0.1, 0.15) is 0 Å². The quantitative estimate of drug-likeness (QED) is 0.582. The van der Waals surface area contributed by atoms with Crippen molar-refractivity contribution >= 4 is 11.9 Å². The Morgan fingerprint density at radius 3 is 2.91 bits per heavy atom. The Balaban J connectivity index is 1.71. The molecule has 3 rings (SSSR count). The topological polar surface area (TPSA) is 3.24 Å². The second kappa shape index (κ2) is 2.17. The van der Waals surface area contributed by atoms with Gasteiger partial charge in [0.25, 0.3) is 0 Å². The summed E-state index contributed by atoms with van der Waals surface area (Å²) in [5.41, 5.74) is 0.